The molecule has 27 heavy (non-hydrogen) atoms. The number of hydrogen-bond acceptors (Lipinski definition) is 3. The van der Waals surface area contributed by atoms with Crippen molar-refractivity contribution in [3.8, 4) is 5.75 Å². The Balaban J connectivity index is 1.90. The normalized spacial score (nSPS) is 11.0. The molecule has 0 aliphatic heterocycles. The van der Waals surface area contributed by atoms with Gasteiger partial charge in [0.1, 0.15) is 5.75 Å². The van der Waals surface area contributed by atoms with Gasteiger partial charge < -0.3 is 15.4 Å². The molecule has 0 bridgehead atoms. The first-order valence-electron chi connectivity index (χ1n) is 8.71. The van der Waals surface area contributed by atoms with E-state index in [-0.39, 0.29) is 23.8 Å². The summed E-state index contributed by atoms with van der Waals surface area (Å²) >= 11 is 3.50. The Morgan fingerprint density at radius 3 is 2.26 bits per heavy atom. The van der Waals surface area contributed by atoms with Crippen LogP contribution in [-0.2, 0) is 21.4 Å². The van der Waals surface area contributed by atoms with Gasteiger partial charge >= 0.3 is 0 Å². The molecule has 2 amide bonds. The second kappa shape index (κ2) is 9.04. The molecule has 0 saturated heterocycles. The lowest BCUT2D eigenvalue weighted by Gasteiger charge is -2.20. The summed E-state index contributed by atoms with van der Waals surface area (Å²) in [4.78, 5) is 23.5. The van der Waals surface area contributed by atoms with Crippen molar-refractivity contribution in [3.05, 3.63) is 58.1 Å². The smallest absolute Gasteiger partial charge is 0.262 e. The summed E-state index contributed by atoms with van der Waals surface area (Å²) in [6.07, 6.45) is 0.312. The Kier molecular flexibility index (Phi) is 7.02. The molecule has 0 saturated carbocycles. The largest absolute Gasteiger partial charge is 0.483 e. The Hall–Kier alpha value is -2.34. The number of rotatable bonds is 6. The highest BCUT2D eigenvalue weighted by Gasteiger charge is 2.15. The molecule has 2 aromatic carbocycles. The van der Waals surface area contributed by atoms with Crippen molar-refractivity contribution in [2.75, 3.05) is 19.0 Å². The maximum Gasteiger partial charge on any atom is 0.262 e. The number of amides is 2. The van der Waals surface area contributed by atoms with Crippen LogP contribution in [0.15, 0.2) is 46.9 Å². The number of nitrogens with one attached hydrogen (secondary N) is 2. The van der Waals surface area contributed by atoms with Crippen LogP contribution in [0, 0.1) is 0 Å². The van der Waals surface area contributed by atoms with Gasteiger partial charge in [-0.15, -0.1) is 0 Å². The fourth-order valence-electron chi connectivity index (χ4n) is 2.40. The molecular formula is C21H25BrN2O3. The molecule has 0 unspecified atom stereocenters. The van der Waals surface area contributed by atoms with E-state index < -0.39 is 0 Å². The molecule has 0 radical (unpaired) electrons. The van der Waals surface area contributed by atoms with E-state index in [0.717, 1.165) is 10.0 Å². The van der Waals surface area contributed by atoms with E-state index in [0.29, 0.717) is 17.9 Å². The zero-order valence-electron chi connectivity index (χ0n) is 16.1. The second-order valence-corrected chi connectivity index (χ2v) is 8.13. The van der Waals surface area contributed by atoms with Crippen molar-refractivity contribution < 1.29 is 14.3 Å². The molecule has 2 aromatic rings. The zero-order chi connectivity index (χ0) is 20.0. The highest BCUT2D eigenvalue weighted by atomic mass is 79.9. The summed E-state index contributed by atoms with van der Waals surface area (Å²) in [5, 5.41) is 5.36. The van der Waals surface area contributed by atoms with Crippen LogP contribution < -0.4 is 15.4 Å². The van der Waals surface area contributed by atoms with Gasteiger partial charge in [-0.1, -0.05) is 39.0 Å². The lowest BCUT2D eigenvalue weighted by Crippen LogP contribution is -2.21. The first-order chi connectivity index (χ1) is 12.7. The van der Waals surface area contributed by atoms with Gasteiger partial charge in [-0.2, -0.15) is 0 Å². The number of benzene rings is 2. The fraction of sp³-hybridized carbons (Fsp3) is 0.333. The minimum atomic E-state index is -0.249. The van der Waals surface area contributed by atoms with Gasteiger partial charge in [0, 0.05) is 12.7 Å². The number of carbonyl (C=O) groups excluding carboxylic acids is 2. The molecular weight excluding hydrogens is 408 g/mol. The topological polar surface area (TPSA) is 67.4 Å². The summed E-state index contributed by atoms with van der Waals surface area (Å²) in [5.74, 6) is 0.322. The average Bonchev–Trinajstić information content (AvgIpc) is 2.61. The van der Waals surface area contributed by atoms with Crippen LogP contribution in [0.4, 0.5) is 5.69 Å². The number of anilines is 1. The highest BCUT2D eigenvalue weighted by Crippen LogP contribution is 2.31. The number of hydrogen-bond donors (Lipinski definition) is 2. The molecule has 0 fully saturated rings. The quantitative estimate of drug-likeness (QED) is 0.723. The van der Waals surface area contributed by atoms with E-state index in [2.05, 4.69) is 47.3 Å². The summed E-state index contributed by atoms with van der Waals surface area (Å²) in [7, 11) is 1.60. The van der Waals surface area contributed by atoms with Gasteiger partial charge in [0.15, 0.2) is 6.61 Å². The van der Waals surface area contributed by atoms with Gasteiger partial charge in [0.05, 0.1) is 10.9 Å². The third-order valence-electron chi connectivity index (χ3n) is 4.04. The van der Waals surface area contributed by atoms with Crippen LogP contribution in [0.2, 0.25) is 0 Å². The van der Waals surface area contributed by atoms with E-state index in [1.807, 2.05) is 30.3 Å². The third kappa shape index (κ3) is 6.40. The SMILES string of the molecule is CNC(=O)Cc1ccc(NC(=O)COc2ccc(C(C)(C)C)cc2Br)cc1. The van der Waals surface area contributed by atoms with Crippen molar-refractivity contribution in [3.63, 3.8) is 0 Å². The van der Waals surface area contributed by atoms with Crippen molar-refractivity contribution in [1.82, 2.24) is 5.32 Å². The number of ether oxygens (including phenoxy) is 1. The summed E-state index contributed by atoms with van der Waals surface area (Å²) in [6.45, 7) is 6.33. The minimum absolute atomic E-state index is 0.0440. The molecule has 0 aliphatic rings. The van der Waals surface area contributed by atoms with E-state index >= 15 is 0 Å². The molecule has 0 atom stereocenters. The summed E-state index contributed by atoms with van der Waals surface area (Å²) < 4.78 is 6.44. The van der Waals surface area contributed by atoms with E-state index in [1.54, 1.807) is 19.2 Å². The van der Waals surface area contributed by atoms with Gasteiger partial charge in [0.2, 0.25) is 5.91 Å². The second-order valence-electron chi connectivity index (χ2n) is 7.28. The fourth-order valence-corrected chi connectivity index (χ4v) is 2.90. The molecule has 0 aliphatic carbocycles. The first-order valence-corrected chi connectivity index (χ1v) is 9.50. The van der Waals surface area contributed by atoms with Crippen LogP contribution in [-0.4, -0.2) is 25.5 Å². The van der Waals surface area contributed by atoms with Crippen LogP contribution in [0.1, 0.15) is 31.9 Å². The molecule has 144 valence electrons. The van der Waals surface area contributed by atoms with Gasteiger partial charge in [-0.25, -0.2) is 0 Å². The third-order valence-corrected chi connectivity index (χ3v) is 4.66. The maximum atomic E-state index is 12.1. The number of likely N-dealkylation sites (N-methyl/N-ethyl adjacent to an activating group) is 1. The van der Waals surface area contributed by atoms with Gasteiger partial charge in [-0.3, -0.25) is 9.59 Å². The molecule has 2 N–H and O–H groups in total. The van der Waals surface area contributed by atoms with E-state index in [4.69, 9.17) is 4.74 Å². The maximum absolute atomic E-state index is 12.1. The Morgan fingerprint density at radius 2 is 1.70 bits per heavy atom. The standard InChI is InChI=1S/C21H25BrN2O3/c1-21(2,3)15-7-10-18(17(22)12-15)27-13-20(26)24-16-8-5-14(6-9-16)11-19(25)23-4/h5-10,12H,11,13H2,1-4H3,(H,23,25)(H,24,26). The van der Waals surface area contributed by atoms with Gasteiger partial charge in [-0.05, 0) is 56.7 Å². The number of carbonyl (C=O) groups is 2. The van der Waals surface area contributed by atoms with E-state index in [9.17, 15) is 9.59 Å². The minimum Gasteiger partial charge on any atom is -0.483 e. The Labute approximate surface area is 168 Å². The molecule has 2 rings (SSSR count). The lowest BCUT2D eigenvalue weighted by atomic mass is 9.87. The van der Waals surface area contributed by atoms with Crippen molar-refractivity contribution in [2.24, 2.45) is 0 Å². The van der Waals surface area contributed by atoms with E-state index in [1.165, 1.54) is 5.56 Å². The molecule has 6 heteroatoms. The van der Waals surface area contributed by atoms with Gasteiger partial charge in [0.25, 0.3) is 5.91 Å². The monoisotopic (exact) mass is 432 g/mol. The first kappa shape index (κ1) is 21.0. The van der Waals surface area contributed by atoms with Crippen molar-refractivity contribution in [2.45, 2.75) is 32.6 Å². The number of halogens is 1. The van der Waals surface area contributed by atoms with Crippen LogP contribution in [0.25, 0.3) is 0 Å². The van der Waals surface area contributed by atoms with Crippen LogP contribution in [0.5, 0.6) is 5.75 Å². The average molecular weight is 433 g/mol. The van der Waals surface area contributed by atoms with Crippen molar-refractivity contribution >= 4 is 33.4 Å². The Bertz CT molecular complexity index is 811. The Morgan fingerprint density at radius 1 is 1.04 bits per heavy atom. The molecule has 0 heterocycles. The molecule has 0 aromatic heterocycles. The molecule has 5 nitrogen and oxygen atoms in total. The van der Waals surface area contributed by atoms with Crippen LogP contribution >= 0.6 is 15.9 Å². The predicted octanol–water partition coefficient (Wildman–Crippen LogP) is 4.05. The zero-order valence-corrected chi connectivity index (χ0v) is 17.6. The lowest BCUT2D eigenvalue weighted by molar-refractivity contribution is -0.120. The van der Waals surface area contributed by atoms with Crippen molar-refractivity contribution in [1.29, 1.82) is 0 Å². The molecule has 0 spiro atoms. The predicted molar refractivity (Wildman–Crippen MR) is 111 cm³/mol. The summed E-state index contributed by atoms with van der Waals surface area (Å²) in [5.41, 5.74) is 2.77. The highest BCUT2D eigenvalue weighted by molar-refractivity contribution is 9.10. The summed E-state index contributed by atoms with van der Waals surface area (Å²) in [6, 6.07) is 13.0. The van der Waals surface area contributed by atoms with Crippen LogP contribution in [0.3, 0.4) is 0 Å².